The standard InChI is InChI=1S/C15H17N5O5/c1-9-17-13(18-25-9)5-10-3-2-4-19(8-10)15(22)11-6-12(20(23)24)14(21)16-7-11/h6-7,10H,2-5,8H2,1H3,(H,16,21). The summed E-state index contributed by atoms with van der Waals surface area (Å²) in [6.45, 7) is 2.78. The van der Waals surface area contributed by atoms with Crippen molar-refractivity contribution in [2.45, 2.75) is 26.2 Å². The fraction of sp³-hybridized carbons (Fsp3) is 0.467. The molecule has 1 amide bonds. The molecule has 25 heavy (non-hydrogen) atoms. The smallest absolute Gasteiger partial charge is 0.334 e. The zero-order valence-corrected chi connectivity index (χ0v) is 13.6. The van der Waals surface area contributed by atoms with Crippen LogP contribution in [0.4, 0.5) is 5.69 Å². The molecule has 1 atom stereocenters. The van der Waals surface area contributed by atoms with Crippen LogP contribution in [-0.2, 0) is 6.42 Å². The number of aromatic amines is 1. The van der Waals surface area contributed by atoms with Gasteiger partial charge in [0.05, 0.1) is 10.5 Å². The van der Waals surface area contributed by atoms with Gasteiger partial charge in [-0.25, -0.2) is 0 Å². The topological polar surface area (TPSA) is 135 Å². The molecular weight excluding hydrogens is 330 g/mol. The second-order valence-corrected chi connectivity index (χ2v) is 6.05. The van der Waals surface area contributed by atoms with Crippen molar-refractivity contribution in [3.8, 4) is 0 Å². The van der Waals surface area contributed by atoms with Crippen LogP contribution in [0.25, 0.3) is 0 Å². The van der Waals surface area contributed by atoms with E-state index in [1.165, 1.54) is 6.20 Å². The molecule has 1 fully saturated rings. The number of H-pyrrole nitrogens is 1. The molecular formula is C15H17N5O5. The predicted octanol–water partition coefficient (Wildman–Crippen LogP) is 1.07. The van der Waals surface area contributed by atoms with Crippen LogP contribution in [0, 0.1) is 23.0 Å². The minimum absolute atomic E-state index is 0.0994. The average Bonchev–Trinajstić information content (AvgIpc) is 2.99. The van der Waals surface area contributed by atoms with Crippen molar-refractivity contribution in [2.75, 3.05) is 13.1 Å². The van der Waals surface area contributed by atoms with Crippen LogP contribution in [0.5, 0.6) is 0 Å². The van der Waals surface area contributed by atoms with Gasteiger partial charge in [-0.1, -0.05) is 5.16 Å². The van der Waals surface area contributed by atoms with E-state index in [0.717, 1.165) is 18.9 Å². The van der Waals surface area contributed by atoms with Gasteiger partial charge in [-0.15, -0.1) is 0 Å². The Hall–Kier alpha value is -3.04. The minimum Gasteiger partial charge on any atom is -0.340 e. The number of amides is 1. The van der Waals surface area contributed by atoms with E-state index >= 15 is 0 Å². The van der Waals surface area contributed by atoms with Gasteiger partial charge in [0.2, 0.25) is 5.89 Å². The molecule has 1 aliphatic rings. The van der Waals surface area contributed by atoms with Gasteiger partial charge in [-0.05, 0) is 18.8 Å². The monoisotopic (exact) mass is 347 g/mol. The minimum atomic E-state index is -0.828. The first kappa shape index (κ1) is 16.8. The maximum Gasteiger partial charge on any atom is 0.334 e. The molecule has 0 saturated carbocycles. The summed E-state index contributed by atoms with van der Waals surface area (Å²) in [4.78, 5) is 42.2. The van der Waals surface area contributed by atoms with Gasteiger partial charge < -0.3 is 14.4 Å². The SMILES string of the molecule is Cc1nc(CC2CCCN(C(=O)c3c[nH]c(=O)c([N+](=O)[O-])c3)C2)no1. The summed E-state index contributed by atoms with van der Waals surface area (Å²) in [6, 6.07) is 1.02. The number of nitrogens with zero attached hydrogens (tertiary/aromatic N) is 4. The van der Waals surface area contributed by atoms with Crippen molar-refractivity contribution in [3.05, 3.63) is 50.0 Å². The van der Waals surface area contributed by atoms with Crippen LogP contribution in [-0.4, -0.2) is 43.9 Å². The van der Waals surface area contributed by atoms with Crippen molar-refractivity contribution >= 4 is 11.6 Å². The molecule has 0 spiro atoms. The van der Waals surface area contributed by atoms with Crippen LogP contribution in [0.15, 0.2) is 21.6 Å². The van der Waals surface area contributed by atoms with Crippen molar-refractivity contribution in [3.63, 3.8) is 0 Å². The summed E-state index contributed by atoms with van der Waals surface area (Å²) in [5, 5.41) is 14.7. The van der Waals surface area contributed by atoms with Gasteiger partial charge in [0.1, 0.15) is 0 Å². The Morgan fingerprint density at radius 1 is 1.56 bits per heavy atom. The molecule has 0 radical (unpaired) electrons. The quantitative estimate of drug-likeness (QED) is 0.645. The van der Waals surface area contributed by atoms with E-state index in [9.17, 15) is 19.7 Å². The van der Waals surface area contributed by atoms with Crippen LogP contribution >= 0.6 is 0 Å². The van der Waals surface area contributed by atoms with Gasteiger partial charge in [0.15, 0.2) is 5.82 Å². The Kier molecular flexibility index (Phi) is 4.59. The number of pyridine rings is 1. The molecule has 10 heteroatoms. The number of rotatable bonds is 4. The van der Waals surface area contributed by atoms with Crippen LogP contribution in [0.1, 0.15) is 34.9 Å². The first-order chi connectivity index (χ1) is 11.9. The Bertz CT molecular complexity index is 858. The fourth-order valence-corrected chi connectivity index (χ4v) is 3.01. The number of carbonyl (C=O) groups excluding carboxylic acids is 1. The highest BCUT2D eigenvalue weighted by molar-refractivity contribution is 5.94. The molecule has 3 heterocycles. The maximum absolute atomic E-state index is 12.6. The molecule has 132 valence electrons. The van der Waals surface area contributed by atoms with Gasteiger partial charge in [-0.3, -0.25) is 19.7 Å². The summed E-state index contributed by atoms with van der Waals surface area (Å²) >= 11 is 0. The number of hydrogen-bond acceptors (Lipinski definition) is 7. The third-order valence-electron chi connectivity index (χ3n) is 4.17. The van der Waals surface area contributed by atoms with E-state index in [4.69, 9.17) is 4.52 Å². The van der Waals surface area contributed by atoms with Crippen molar-refractivity contribution < 1.29 is 14.2 Å². The lowest BCUT2D eigenvalue weighted by atomic mass is 9.94. The van der Waals surface area contributed by atoms with E-state index in [-0.39, 0.29) is 17.4 Å². The molecule has 0 aliphatic carbocycles. The molecule has 0 aromatic carbocycles. The van der Waals surface area contributed by atoms with Gasteiger partial charge in [0.25, 0.3) is 5.91 Å². The van der Waals surface area contributed by atoms with Gasteiger partial charge >= 0.3 is 11.2 Å². The third-order valence-corrected chi connectivity index (χ3v) is 4.17. The maximum atomic E-state index is 12.6. The number of likely N-dealkylation sites (tertiary alicyclic amines) is 1. The Morgan fingerprint density at radius 2 is 2.36 bits per heavy atom. The molecule has 1 unspecified atom stereocenters. The van der Waals surface area contributed by atoms with Crippen molar-refractivity contribution in [1.29, 1.82) is 0 Å². The Balaban J connectivity index is 1.72. The van der Waals surface area contributed by atoms with Crippen LogP contribution < -0.4 is 5.56 Å². The summed E-state index contributed by atoms with van der Waals surface area (Å²) in [6.07, 6.45) is 3.57. The molecule has 1 saturated heterocycles. The molecule has 2 aromatic heterocycles. The average molecular weight is 347 g/mol. The Morgan fingerprint density at radius 3 is 3.04 bits per heavy atom. The summed E-state index contributed by atoms with van der Waals surface area (Å²) < 4.78 is 4.96. The number of hydrogen-bond donors (Lipinski definition) is 1. The highest BCUT2D eigenvalue weighted by atomic mass is 16.6. The molecule has 10 nitrogen and oxygen atoms in total. The Labute approximate surface area is 142 Å². The van der Waals surface area contributed by atoms with E-state index in [0.29, 0.717) is 31.2 Å². The zero-order valence-electron chi connectivity index (χ0n) is 13.6. The number of aromatic nitrogens is 3. The van der Waals surface area contributed by atoms with Crippen LogP contribution in [0.3, 0.4) is 0 Å². The third kappa shape index (κ3) is 3.73. The molecule has 2 aromatic rings. The molecule has 1 aliphatic heterocycles. The van der Waals surface area contributed by atoms with E-state index in [2.05, 4.69) is 15.1 Å². The number of carbonyl (C=O) groups is 1. The van der Waals surface area contributed by atoms with Crippen LogP contribution in [0.2, 0.25) is 0 Å². The summed E-state index contributed by atoms with van der Waals surface area (Å²) in [5.41, 5.74) is -1.37. The lowest BCUT2D eigenvalue weighted by molar-refractivity contribution is -0.386. The molecule has 1 N–H and O–H groups in total. The predicted molar refractivity (Wildman–Crippen MR) is 85.1 cm³/mol. The van der Waals surface area contributed by atoms with E-state index in [1.807, 2.05) is 0 Å². The second kappa shape index (κ2) is 6.83. The molecule has 3 rings (SSSR count). The first-order valence-corrected chi connectivity index (χ1v) is 7.89. The summed E-state index contributed by atoms with van der Waals surface area (Å²) in [5.74, 6) is 0.955. The lowest BCUT2D eigenvalue weighted by Gasteiger charge is -2.32. The first-order valence-electron chi connectivity index (χ1n) is 7.89. The largest absolute Gasteiger partial charge is 0.340 e. The number of aryl methyl sites for hydroxylation is 1. The second-order valence-electron chi connectivity index (χ2n) is 6.05. The summed E-state index contributed by atoms with van der Waals surface area (Å²) in [7, 11) is 0. The number of nitrogens with one attached hydrogen (secondary N) is 1. The number of nitro groups is 1. The van der Waals surface area contributed by atoms with Gasteiger partial charge in [0, 0.05) is 38.7 Å². The molecule has 0 bridgehead atoms. The lowest BCUT2D eigenvalue weighted by Crippen LogP contribution is -2.40. The van der Waals surface area contributed by atoms with Crippen molar-refractivity contribution in [1.82, 2.24) is 20.0 Å². The fourth-order valence-electron chi connectivity index (χ4n) is 3.01. The van der Waals surface area contributed by atoms with Gasteiger partial charge in [-0.2, -0.15) is 4.98 Å². The van der Waals surface area contributed by atoms with Crippen molar-refractivity contribution in [2.24, 2.45) is 5.92 Å². The highest BCUT2D eigenvalue weighted by Gasteiger charge is 2.27. The zero-order chi connectivity index (χ0) is 18.0. The number of piperidine rings is 1. The highest BCUT2D eigenvalue weighted by Crippen LogP contribution is 2.21. The van der Waals surface area contributed by atoms with E-state index in [1.54, 1.807) is 11.8 Å². The van der Waals surface area contributed by atoms with E-state index < -0.39 is 16.2 Å². The normalized spacial score (nSPS) is 17.5.